The highest BCUT2D eigenvalue weighted by molar-refractivity contribution is 5.75. The van der Waals surface area contributed by atoms with Gasteiger partial charge in [0.25, 0.3) is 0 Å². The molecule has 2 rings (SSSR count). The van der Waals surface area contributed by atoms with E-state index in [1.165, 1.54) is 11.1 Å². The number of carbonyl (C=O) groups excluding carboxylic acids is 1. The van der Waals surface area contributed by atoms with E-state index >= 15 is 0 Å². The van der Waals surface area contributed by atoms with Gasteiger partial charge in [-0.25, -0.2) is 0 Å². The first-order chi connectivity index (χ1) is 9.79. The summed E-state index contributed by atoms with van der Waals surface area (Å²) in [4.78, 5) is 11.3. The lowest BCUT2D eigenvalue weighted by Gasteiger charge is -2.14. The van der Waals surface area contributed by atoms with Crippen LogP contribution in [0.3, 0.4) is 0 Å². The van der Waals surface area contributed by atoms with Crippen molar-refractivity contribution in [3.8, 4) is 5.75 Å². The molecule has 1 aromatic carbocycles. The number of carbonyl (C=O) groups is 1. The highest BCUT2D eigenvalue weighted by Crippen LogP contribution is 2.22. The van der Waals surface area contributed by atoms with Crippen molar-refractivity contribution in [1.82, 2.24) is 10.6 Å². The Kier molecular flexibility index (Phi) is 5.62. The van der Waals surface area contributed by atoms with Crippen molar-refractivity contribution in [2.24, 2.45) is 0 Å². The smallest absolute Gasteiger partial charge is 0.223 e. The third-order valence-electron chi connectivity index (χ3n) is 3.26. The van der Waals surface area contributed by atoms with Crippen LogP contribution in [0, 0.1) is 0 Å². The van der Waals surface area contributed by atoms with Crippen molar-refractivity contribution in [2.75, 3.05) is 26.2 Å². The molecule has 0 atom stereocenters. The van der Waals surface area contributed by atoms with Crippen molar-refractivity contribution in [2.45, 2.75) is 19.8 Å². The minimum absolute atomic E-state index is 0.0315. The molecule has 0 spiro atoms. The highest BCUT2D eigenvalue weighted by Gasteiger charge is 2.06. The second kappa shape index (κ2) is 7.70. The number of nitrogens with one attached hydrogen (secondary N) is 2. The highest BCUT2D eigenvalue weighted by atomic mass is 16.5. The van der Waals surface area contributed by atoms with Gasteiger partial charge in [0.15, 0.2) is 0 Å². The van der Waals surface area contributed by atoms with Gasteiger partial charge in [-0.3, -0.25) is 4.79 Å². The maximum absolute atomic E-state index is 11.3. The van der Waals surface area contributed by atoms with Crippen molar-refractivity contribution in [3.63, 3.8) is 0 Å². The number of rotatable bonds is 6. The van der Waals surface area contributed by atoms with E-state index in [0.717, 1.165) is 25.3 Å². The number of hydrogen-bond acceptors (Lipinski definition) is 3. The van der Waals surface area contributed by atoms with E-state index < -0.39 is 0 Å². The van der Waals surface area contributed by atoms with Gasteiger partial charge < -0.3 is 15.4 Å². The summed E-state index contributed by atoms with van der Waals surface area (Å²) < 4.78 is 5.57. The van der Waals surface area contributed by atoms with Crippen LogP contribution in [0.15, 0.2) is 30.3 Å². The van der Waals surface area contributed by atoms with Crippen LogP contribution in [-0.4, -0.2) is 32.1 Å². The van der Waals surface area contributed by atoms with Gasteiger partial charge in [-0.05, 0) is 43.2 Å². The van der Waals surface area contributed by atoms with Crippen molar-refractivity contribution >= 4 is 11.5 Å². The number of ether oxygens (including phenoxy) is 1. The first-order valence-electron chi connectivity index (χ1n) is 7.19. The Bertz CT molecular complexity index is 466. The molecule has 0 unspecified atom stereocenters. The molecular weight excluding hydrogens is 252 g/mol. The van der Waals surface area contributed by atoms with Gasteiger partial charge in [0, 0.05) is 13.1 Å². The summed E-state index contributed by atoms with van der Waals surface area (Å²) >= 11 is 0. The van der Waals surface area contributed by atoms with Crippen LogP contribution in [0.1, 0.15) is 25.3 Å². The largest absolute Gasteiger partial charge is 0.493 e. The summed E-state index contributed by atoms with van der Waals surface area (Å²) in [5.41, 5.74) is 2.64. The molecule has 20 heavy (non-hydrogen) atoms. The molecule has 0 saturated carbocycles. The normalized spacial score (nSPS) is 14.6. The van der Waals surface area contributed by atoms with Crippen LogP contribution >= 0.6 is 0 Å². The molecule has 2 N–H and O–H groups in total. The molecule has 0 fully saturated rings. The lowest BCUT2D eigenvalue weighted by Crippen LogP contribution is -2.24. The van der Waals surface area contributed by atoms with E-state index in [0.29, 0.717) is 19.6 Å². The van der Waals surface area contributed by atoms with Gasteiger partial charge >= 0.3 is 0 Å². The molecular formula is C16H22N2O2. The molecule has 1 aliphatic rings. The summed E-state index contributed by atoms with van der Waals surface area (Å²) in [6.07, 6.45) is 3.69. The van der Waals surface area contributed by atoms with E-state index in [4.69, 9.17) is 4.74 Å². The molecule has 4 nitrogen and oxygen atoms in total. The van der Waals surface area contributed by atoms with Crippen LogP contribution in [-0.2, 0) is 4.79 Å². The number of amides is 1. The molecule has 0 radical (unpaired) electrons. The molecule has 108 valence electrons. The fourth-order valence-corrected chi connectivity index (χ4v) is 2.20. The van der Waals surface area contributed by atoms with Gasteiger partial charge in [-0.1, -0.05) is 18.2 Å². The predicted molar refractivity (Wildman–Crippen MR) is 80.7 cm³/mol. The van der Waals surface area contributed by atoms with Crippen LogP contribution in [0.5, 0.6) is 5.75 Å². The number of hydrogen-bond donors (Lipinski definition) is 2. The van der Waals surface area contributed by atoms with E-state index in [1.807, 2.05) is 19.1 Å². The zero-order valence-electron chi connectivity index (χ0n) is 11.9. The fraction of sp³-hybridized carbons (Fsp3) is 0.438. The fourth-order valence-electron chi connectivity index (χ4n) is 2.20. The van der Waals surface area contributed by atoms with E-state index in [9.17, 15) is 4.79 Å². The Balaban J connectivity index is 1.82. The summed E-state index contributed by atoms with van der Waals surface area (Å²) in [6, 6.07) is 8.10. The SMILES string of the molecule is CCNC(=O)CCOc1ccc(C2=CCNCC2)cc1. The van der Waals surface area contributed by atoms with E-state index in [-0.39, 0.29) is 5.91 Å². The lowest BCUT2D eigenvalue weighted by molar-refractivity contribution is -0.121. The standard InChI is InChI=1S/C16H22N2O2/c1-2-18-16(19)9-12-20-15-5-3-13(4-6-15)14-7-10-17-11-8-14/h3-7,17H,2,8-12H2,1H3,(H,18,19). The zero-order valence-corrected chi connectivity index (χ0v) is 11.9. The monoisotopic (exact) mass is 274 g/mol. The summed E-state index contributed by atoms with van der Waals surface area (Å²) in [6.45, 7) is 4.97. The second-order valence-corrected chi connectivity index (χ2v) is 4.76. The van der Waals surface area contributed by atoms with Crippen LogP contribution in [0.25, 0.3) is 5.57 Å². The van der Waals surface area contributed by atoms with Crippen LogP contribution in [0.2, 0.25) is 0 Å². The Hall–Kier alpha value is -1.81. The summed E-state index contributed by atoms with van der Waals surface area (Å²) in [5, 5.41) is 6.06. The maximum atomic E-state index is 11.3. The van der Waals surface area contributed by atoms with Gasteiger partial charge in [-0.2, -0.15) is 0 Å². The third-order valence-corrected chi connectivity index (χ3v) is 3.26. The van der Waals surface area contributed by atoms with Crippen molar-refractivity contribution < 1.29 is 9.53 Å². The first kappa shape index (κ1) is 14.6. The molecule has 0 saturated heterocycles. The topological polar surface area (TPSA) is 50.4 Å². The molecule has 1 aromatic rings. The summed E-state index contributed by atoms with van der Waals surface area (Å²) in [5.74, 6) is 0.844. The van der Waals surface area contributed by atoms with Crippen LogP contribution < -0.4 is 15.4 Å². The van der Waals surface area contributed by atoms with E-state index in [2.05, 4.69) is 28.8 Å². The number of benzene rings is 1. The first-order valence-corrected chi connectivity index (χ1v) is 7.19. The molecule has 4 heteroatoms. The Morgan fingerprint density at radius 2 is 2.15 bits per heavy atom. The average Bonchev–Trinajstić information content (AvgIpc) is 2.49. The molecule has 1 heterocycles. The van der Waals surface area contributed by atoms with Gasteiger partial charge in [0.1, 0.15) is 5.75 Å². The zero-order chi connectivity index (χ0) is 14.2. The third kappa shape index (κ3) is 4.38. The second-order valence-electron chi connectivity index (χ2n) is 4.76. The quantitative estimate of drug-likeness (QED) is 0.834. The van der Waals surface area contributed by atoms with Crippen molar-refractivity contribution in [3.05, 3.63) is 35.9 Å². The van der Waals surface area contributed by atoms with E-state index in [1.54, 1.807) is 0 Å². The van der Waals surface area contributed by atoms with Gasteiger partial charge in [0.05, 0.1) is 13.0 Å². The molecule has 0 aliphatic carbocycles. The Morgan fingerprint density at radius 3 is 2.80 bits per heavy atom. The van der Waals surface area contributed by atoms with Crippen LogP contribution in [0.4, 0.5) is 0 Å². The Morgan fingerprint density at radius 1 is 1.35 bits per heavy atom. The maximum Gasteiger partial charge on any atom is 0.223 e. The minimum atomic E-state index is 0.0315. The lowest BCUT2D eigenvalue weighted by atomic mass is 10.0. The molecule has 0 bridgehead atoms. The summed E-state index contributed by atoms with van der Waals surface area (Å²) in [7, 11) is 0. The average molecular weight is 274 g/mol. The van der Waals surface area contributed by atoms with Gasteiger partial charge in [-0.15, -0.1) is 0 Å². The van der Waals surface area contributed by atoms with Crippen molar-refractivity contribution in [1.29, 1.82) is 0 Å². The molecule has 1 aliphatic heterocycles. The van der Waals surface area contributed by atoms with Gasteiger partial charge in [0.2, 0.25) is 5.91 Å². The predicted octanol–water partition coefficient (Wildman–Crippen LogP) is 1.97. The molecule has 1 amide bonds. The molecule has 0 aromatic heterocycles. The minimum Gasteiger partial charge on any atom is -0.493 e. The Labute approximate surface area is 120 Å².